The molecule has 1 saturated heterocycles. The lowest BCUT2D eigenvalue weighted by Gasteiger charge is -2.34. The van der Waals surface area contributed by atoms with Crippen molar-refractivity contribution in [1.82, 2.24) is 10.2 Å². The summed E-state index contributed by atoms with van der Waals surface area (Å²) in [5.41, 5.74) is 5.90. The lowest BCUT2D eigenvalue weighted by Crippen LogP contribution is -2.53. The van der Waals surface area contributed by atoms with Crippen LogP contribution in [-0.2, 0) is 14.3 Å². The molecule has 0 aromatic carbocycles. The fourth-order valence-electron chi connectivity index (χ4n) is 1.92. The zero-order valence-corrected chi connectivity index (χ0v) is 11.1. The summed E-state index contributed by atoms with van der Waals surface area (Å²) in [6.07, 6.45) is 1.20. The Bertz CT molecular complexity index is 296. The SMILES string of the molecule is COCCCNC(=O)CN1CC(N)C(C)CC1=O. The van der Waals surface area contributed by atoms with Gasteiger partial charge in [0.1, 0.15) is 0 Å². The number of methoxy groups -OCH3 is 1. The number of ether oxygens (including phenoxy) is 1. The van der Waals surface area contributed by atoms with E-state index >= 15 is 0 Å². The van der Waals surface area contributed by atoms with E-state index in [-0.39, 0.29) is 30.3 Å². The molecule has 0 aromatic heterocycles. The van der Waals surface area contributed by atoms with E-state index in [1.165, 1.54) is 4.90 Å². The van der Waals surface area contributed by atoms with Crippen LogP contribution in [0.25, 0.3) is 0 Å². The second kappa shape index (κ2) is 7.33. The predicted octanol–water partition coefficient (Wildman–Crippen LogP) is -0.665. The Morgan fingerprint density at radius 2 is 2.33 bits per heavy atom. The second-order valence-corrected chi connectivity index (χ2v) is 4.82. The van der Waals surface area contributed by atoms with Crippen molar-refractivity contribution in [3.8, 4) is 0 Å². The standard InChI is InChI=1S/C12H23N3O3/c1-9-6-12(17)15(7-10(9)13)8-11(16)14-4-3-5-18-2/h9-10H,3-8,13H2,1-2H3,(H,14,16). The molecule has 2 amide bonds. The number of nitrogens with two attached hydrogens (primary N) is 1. The van der Waals surface area contributed by atoms with Crippen molar-refractivity contribution in [1.29, 1.82) is 0 Å². The molecule has 0 spiro atoms. The molecule has 0 aliphatic carbocycles. The van der Waals surface area contributed by atoms with E-state index in [9.17, 15) is 9.59 Å². The van der Waals surface area contributed by atoms with Crippen LogP contribution in [0.3, 0.4) is 0 Å². The number of carbonyl (C=O) groups is 2. The zero-order valence-electron chi connectivity index (χ0n) is 11.1. The van der Waals surface area contributed by atoms with Crippen LogP contribution in [0.4, 0.5) is 0 Å². The molecule has 1 aliphatic heterocycles. The molecule has 2 unspecified atom stereocenters. The molecule has 0 bridgehead atoms. The number of likely N-dealkylation sites (tertiary alicyclic amines) is 1. The highest BCUT2D eigenvalue weighted by atomic mass is 16.5. The van der Waals surface area contributed by atoms with Gasteiger partial charge < -0.3 is 20.7 Å². The highest BCUT2D eigenvalue weighted by Gasteiger charge is 2.29. The van der Waals surface area contributed by atoms with Crippen molar-refractivity contribution >= 4 is 11.8 Å². The Labute approximate surface area is 108 Å². The number of nitrogens with one attached hydrogen (secondary N) is 1. The Kier molecular flexibility index (Phi) is 6.07. The van der Waals surface area contributed by atoms with Gasteiger partial charge in [0.15, 0.2) is 0 Å². The van der Waals surface area contributed by atoms with Crippen molar-refractivity contribution in [3.05, 3.63) is 0 Å². The zero-order chi connectivity index (χ0) is 13.5. The van der Waals surface area contributed by atoms with Crippen LogP contribution in [0.5, 0.6) is 0 Å². The number of rotatable bonds is 6. The van der Waals surface area contributed by atoms with Crippen LogP contribution in [0.2, 0.25) is 0 Å². The number of carbonyl (C=O) groups excluding carboxylic acids is 2. The molecule has 104 valence electrons. The van der Waals surface area contributed by atoms with Gasteiger partial charge in [-0.15, -0.1) is 0 Å². The van der Waals surface area contributed by atoms with Gasteiger partial charge in [0.25, 0.3) is 0 Å². The van der Waals surface area contributed by atoms with Gasteiger partial charge in [0.05, 0.1) is 6.54 Å². The topological polar surface area (TPSA) is 84.7 Å². The molecule has 2 atom stereocenters. The summed E-state index contributed by atoms with van der Waals surface area (Å²) in [5.74, 6) is 0.0657. The smallest absolute Gasteiger partial charge is 0.239 e. The van der Waals surface area contributed by atoms with Crippen molar-refractivity contribution in [2.45, 2.75) is 25.8 Å². The molecule has 0 aromatic rings. The molecule has 1 aliphatic rings. The van der Waals surface area contributed by atoms with E-state index in [1.54, 1.807) is 7.11 Å². The number of nitrogens with zero attached hydrogens (tertiary/aromatic N) is 1. The van der Waals surface area contributed by atoms with Crippen molar-refractivity contribution in [2.24, 2.45) is 11.7 Å². The van der Waals surface area contributed by atoms with Gasteiger partial charge in [0.2, 0.25) is 11.8 Å². The van der Waals surface area contributed by atoms with Crippen molar-refractivity contribution in [3.63, 3.8) is 0 Å². The van der Waals surface area contributed by atoms with Crippen molar-refractivity contribution in [2.75, 3.05) is 33.4 Å². The van der Waals surface area contributed by atoms with Crippen LogP contribution in [0.1, 0.15) is 19.8 Å². The fourth-order valence-corrected chi connectivity index (χ4v) is 1.92. The molecule has 6 heteroatoms. The summed E-state index contributed by atoms with van der Waals surface area (Å²) in [6.45, 7) is 3.71. The summed E-state index contributed by atoms with van der Waals surface area (Å²) in [4.78, 5) is 24.9. The molecule has 6 nitrogen and oxygen atoms in total. The number of amides is 2. The number of piperidine rings is 1. The van der Waals surface area contributed by atoms with Crippen LogP contribution in [0, 0.1) is 5.92 Å². The van der Waals surface area contributed by atoms with E-state index in [0.717, 1.165) is 6.42 Å². The monoisotopic (exact) mass is 257 g/mol. The summed E-state index contributed by atoms with van der Waals surface area (Å²) in [7, 11) is 1.62. The molecule has 1 heterocycles. The molecule has 1 rings (SSSR count). The van der Waals surface area contributed by atoms with Gasteiger partial charge in [-0.05, 0) is 12.3 Å². The third kappa shape index (κ3) is 4.62. The minimum Gasteiger partial charge on any atom is -0.385 e. The molecule has 0 radical (unpaired) electrons. The first-order chi connectivity index (χ1) is 8.54. The third-order valence-corrected chi connectivity index (χ3v) is 3.19. The quantitative estimate of drug-likeness (QED) is 0.618. The Morgan fingerprint density at radius 3 is 3.00 bits per heavy atom. The maximum atomic E-state index is 11.7. The molecule has 0 saturated carbocycles. The highest BCUT2D eigenvalue weighted by molar-refractivity contribution is 5.85. The summed E-state index contributed by atoms with van der Waals surface area (Å²) < 4.78 is 4.88. The minimum absolute atomic E-state index is 0.0104. The Hall–Kier alpha value is -1.14. The van der Waals surface area contributed by atoms with Gasteiger partial charge in [-0.1, -0.05) is 6.92 Å². The van der Waals surface area contributed by atoms with E-state index < -0.39 is 0 Å². The predicted molar refractivity (Wildman–Crippen MR) is 67.8 cm³/mol. The van der Waals surface area contributed by atoms with Gasteiger partial charge in [-0.2, -0.15) is 0 Å². The average molecular weight is 257 g/mol. The molecule has 1 fully saturated rings. The van der Waals surface area contributed by atoms with E-state index in [0.29, 0.717) is 26.1 Å². The van der Waals surface area contributed by atoms with Gasteiger partial charge in [0, 0.05) is 39.3 Å². The summed E-state index contributed by atoms with van der Waals surface area (Å²) in [5, 5.41) is 2.76. The van der Waals surface area contributed by atoms with Crippen molar-refractivity contribution < 1.29 is 14.3 Å². The fraction of sp³-hybridized carbons (Fsp3) is 0.833. The Morgan fingerprint density at radius 1 is 1.61 bits per heavy atom. The molecular formula is C12H23N3O3. The van der Waals surface area contributed by atoms with Crippen LogP contribution in [-0.4, -0.2) is 56.1 Å². The second-order valence-electron chi connectivity index (χ2n) is 4.82. The van der Waals surface area contributed by atoms with Gasteiger partial charge >= 0.3 is 0 Å². The van der Waals surface area contributed by atoms with E-state index in [2.05, 4.69) is 5.32 Å². The third-order valence-electron chi connectivity index (χ3n) is 3.19. The first-order valence-corrected chi connectivity index (χ1v) is 6.33. The summed E-state index contributed by atoms with van der Waals surface area (Å²) in [6, 6.07) is -0.0380. The first kappa shape index (κ1) is 14.9. The molecule has 18 heavy (non-hydrogen) atoms. The van der Waals surface area contributed by atoms with E-state index in [1.807, 2.05) is 6.92 Å². The minimum atomic E-state index is -0.138. The maximum Gasteiger partial charge on any atom is 0.239 e. The first-order valence-electron chi connectivity index (χ1n) is 6.33. The molecule has 3 N–H and O–H groups in total. The largest absolute Gasteiger partial charge is 0.385 e. The number of hydrogen-bond acceptors (Lipinski definition) is 4. The number of hydrogen-bond donors (Lipinski definition) is 2. The summed E-state index contributed by atoms with van der Waals surface area (Å²) >= 11 is 0. The normalized spacial score (nSPS) is 24.2. The van der Waals surface area contributed by atoms with Gasteiger partial charge in [-0.3, -0.25) is 9.59 Å². The average Bonchev–Trinajstić information content (AvgIpc) is 2.32. The van der Waals surface area contributed by atoms with Crippen LogP contribution in [0.15, 0.2) is 0 Å². The van der Waals surface area contributed by atoms with Crippen LogP contribution >= 0.6 is 0 Å². The highest BCUT2D eigenvalue weighted by Crippen LogP contribution is 2.16. The maximum absolute atomic E-state index is 11.7. The molecular weight excluding hydrogens is 234 g/mol. The Balaban J connectivity index is 2.28. The lowest BCUT2D eigenvalue weighted by molar-refractivity contribution is -0.139. The lowest BCUT2D eigenvalue weighted by atomic mass is 9.94. The van der Waals surface area contributed by atoms with E-state index in [4.69, 9.17) is 10.5 Å². The van der Waals surface area contributed by atoms with Crippen LogP contribution < -0.4 is 11.1 Å². The van der Waals surface area contributed by atoms with Gasteiger partial charge in [-0.25, -0.2) is 0 Å².